The van der Waals surface area contributed by atoms with Gasteiger partial charge in [-0.3, -0.25) is 0 Å². The average Bonchev–Trinajstić information content (AvgIpc) is 2.79. The monoisotopic (exact) mass is 192 g/mol. The van der Waals surface area contributed by atoms with Crippen LogP contribution in [0.2, 0.25) is 0 Å². The minimum absolute atomic E-state index is 0.0972. The second kappa shape index (κ2) is 2.95. The Bertz CT molecular complexity index is 353. The summed E-state index contributed by atoms with van der Waals surface area (Å²) in [6, 6.07) is 8.12. The Labute approximate surface area is 82.7 Å². The zero-order valence-corrected chi connectivity index (χ0v) is 7.91. The predicted octanol–water partition coefficient (Wildman–Crippen LogP) is 1.38. The molecular formula is C11H13FN2. The zero-order chi connectivity index (χ0) is 9.54. The predicted molar refractivity (Wildman–Crippen MR) is 53.9 cm³/mol. The SMILES string of the molecule is Fc1ccccc1N1CC2CC1CN2. The molecule has 0 radical (unpaired) electrons. The molecule has 1 N–H and O–H groups in total. The molecule has 0 aromatic heterocycles. The standard InChI is InChI=1S/C11H13FN2/c12-10-3-1-2-4-11(10)14-7-8-5-9(14)6-13-8/h1-4,8-9,13H,5-7H2. The van der Waals surface area contributed by atoms with Crippen molar-refractivity contribution in [1.82, 2.24) is 5.32 Å². The summed E-state index contributed by atoms with van der Waals surface area (Å²) in [5, 5.41) is 3.41. The highest BCUT2D eigenvalue weighted by molar-refractivity contribution is 5.51. The molecule has 0 spiro atoms. The molecular weight excluding hydrogens is 179 g/mol. The van der Waals surface area contributed by atoms with Gasteiger partial charge < -0.3 is 10.2 Å². The van der Waals surface area contributed by atoms with Crippen LogP contribution < -0.4 is 10.2 Å². The van der Waals surface area contributed by atoms with Gasteiger partial charge in [0.1, 0.15) is 5.82 Å². The van der Waals surface area contributed by atoms with Crippen LogP contribution in [-0.4, -0.2) is 25.2 Å². The van der Waals surface area contributed by atoms with Gasteiger partial charge in [-0.15, -0.1) is 0 Å². The third-order valence-electron chi connectivity index (χ3n) is 3.22. The molecule has 2 fully saturated rings. The normalized spacial score (nSPS) is 29.9. The average molecular weight is 192 g/mol. The first-order valence-electron chi connectivity index (χ1n) is 5.09. The van der Waals surface area contributed by atoms with Gasteiger partial charge in [0, 0.05) is 25.2 Å². The number of halogens is 1. The fourth-order valence-corrected chi connectivity index (χ4v) is 2.54. The van der Waals surface area contributed by atoms with Gasteiger partial charge >= 0.3 is 0 Å². The number of anilines is 1. The number of para-hydroxylation sites is 1. The molecule has 2 aliphatic heterocycles. The Balaban J connectivity index is 1.93. The summed E-state index contributed by atoms with van der Waals surface area (Å²) in [7, 11) is 0. The van der Waals surface area contributed by atoms with Gasteiger partial charge in [0.2, 0.25) is 0 Å². The maximum absolute atomic E-state index is 13.5. The molecule has 3 rings (SSSR count). The minimum atomic E-state index is -0.0972. The first-order chi connectivity index (χ1) is 6.84. The summed E-state index contributed by atoms with van der Waals surface area (Å²) < 4.78 is 13.5. The number of rotatable bonds is 1. The number of hydrogen-bond acceptors (Lipinski definition) is 2. The first kappa shape index (κ1) is 8.24. The van der Waals surface area contributed by atoms with Crippen LogP contribution >= 0.6 is 0 Å². The van der Waals surface area contributed by atoms with E-state index in [0.29, 0.717) is 12.1 Å². The quantitative estimate of drug-likeness (QED) is 0.723. The molecule has 0 aliphatic carbocycles. The maximum atomic E-state index is 13.5. The van der Waals surface area contributed by atoms with E-state index in [0.717, 1.165) is 25.2 Å². The first-order valence-corrected chi connectivity index (χ1v) is 5.09. The van der Waals surface area contributed by atoms with E-state index in [1.165, 1.54) is 6.07 Å². The van der Waals surface area contributed by atoms with Crippen LogP contribution in [0, 0.1) is 5.82 Å². The third kappa shape index (κ3) is 1.12. The van der Waals surface area contributed by atoms with Crippen molar-refractivity contribution in [2.75, 3.05) is 18.0 Å². The summed E-state index contributed by atoms with van der Waals surface area (Å²) in [6.07, 6.45) is 1.16. The Kier molecular flexibility index (Phi) is 1.74. The van der Waals surface area contributed by atoms with Gasteiger partial charge in [0.15, 0.2) is 0 Å². The Morgan fingerprint density at radius 2 is 2.21 bits per heavy atom. The van der Waals surface area contributed by atoms with Crippen LogP contribution in [0.1, 0.15) is 6.42 Å². The van der Waals surface area contributed by atoms with Gasteiger partial charge in [0.05, 0.1) is 5.69 Å². The van der Waals surface area contributed by atoms with Crippen LogP contribution in [0.3, 0.4) is 0 Å². The summed E-state index contributed by atoms with van der Waals surface area (Å²) in [6.45, 7) is 1.95. The zero-order valence-electron chi connectivity index (χ0n) is 7.91. The molecule has 1 aromatic carbocycles. The Hall–Kier alpha value is -1.09. The maximum Gasteiger partial charge on any atom is 0.146 e. The molecule has 0 amide bonds. The largest absolute Gasteiger partial charge is 0.363 e. The lowest BCUT2D eigenvalue weighted by Gasteiger charge is -2.29. The van der Waals surface area contributed by atoms with Crippen LogP contribution in [0.15, 0.2) is 24.3 Å². The molecule has 1 aromatic rings. The van der Waals surface area contributed by atoms with Gasteiger partial charge in [-0.05, 0) is 18.6 Å². The summed E-state index contributed by atoms with van der Waals surface area (Å²) >= 11 is 0. The fourth-order valence-electron chi connectivity index (χ4n) is 2.54. The number of nitrogens with one attached hydrogen (secondary N) is 1. The van der Waals surface area contributed by atoms with Crippen molar-refractivity contribution in [3.05, 3.63) is 30.1 Å². The van der Waals surface area contributed by atoms with E-state index in [2.05, 4.69) is 10.2 Å². The minimum Gasteiger partial charge on any atom is -0.363 e. The van der Waals surface area contributed by atoms with Crippen LogP contribution in [-0.2, 0) is 0 Å². The molecule has 2 bridgehead atoms. The smallest absolute Gasteiger partial charge is 0.146 e. The lowest BCUT2D eigenvalue weighted by Crippen LogP contribution is -2.43. The highest BCUT2D eigenvalue weighted by Gasteiger charge is 2.38. The van der Waals surface area contributed by atoms with E-state index < -0.39 is 0 Å². The number of hydrogen-bond donors (Lipinski definition) is 1. The summed E-state index contributed by atoms with van der Waals surface area (Å²) in [5.74, 6) is -0.0972. The van der Waals surface area contributed by atoms with E-state index in [9.17, 15) is 4.39 Å². The van der Waals surface area contributed by atoms with Gasteiger partial charge in [0.25, 0.3) is 0 Å². The van der Waals surface area contributed by atoms with E-state index >= 15 is 0 Å². The lowest BCUT2D eigenvalue weighted by atomic mass is 10.2. The molecule has 2 aliphatic rings. The number of piperazine rings is 1. The van der Waals surface area contributed by atoms with Crippen molar-refractivity contribution >= 4 is 5.69 Å². The second-order valence-electron chi connectivity index (χ2n) is 4.10. The summed E-state index contributed by atoms with van der Waals surface area (Å²) in [4.78, 5) is 2.19. The molecule has 0 saturated carbocycles. The van der Waals surface area contributed by atoms with E-state index in [-0.39, 0.29) is 5.82 Å². The molecule has 2 unspecified atom stereocenters. The van der Waals surface area contributed by atoms with Gasteiger partial charge in [-0.2, -0.15) is 0 Å². The lowest BCUT2D eigenvalue weighted by molar-refractivity contribution is 0.561. The van der Waals surface area contributed by atoms with Crippen molar-refractivity contribution in [2.24, 2.45) is 0 Å². The van der Waals surface area contributed by atoms with Gasteiger partial charge in [-0.1, -0.05) is 12.1 Å². The van der Waals surface area contributed by atoms with Crippen molar-refractivity contribution in [2.45, 2.75) is 18.5 Å². The van der Waals surface area contributed by atoms with E-state index in [4.69, 9.17) is 0 Å². The number of fused-ring (bicyclic) bond motifs is 2. The van der Waals surface area contributed by atoms with Crippen LogP contribution in [0.5, 0.6) is 0 Å². The molecule has 2 nitrogen and oxygen atoms in total. The van der Waals surface area contributed by atoms with Crippen LogP contribution in [0.25, 0.3) is 0 Å². The van der Waals surface area contributed by atoms with Crippen molar-refractivity contribution in [1.29, 1.82) is 0 Å². The van der Waals surface area contributed by atoms with Crippen LogP contribution in [0.4, 0.5) is 10.1 Å². The molecule has 2 heterocycles. The Morgan fingerprint density at radius 3 is 2.86 bits per heavy atom. The van der Waals surface area contributed by atoms with E-state index in [1.807, 2.05) is 12.1 Å². The van der Waals surface area contributed by atoms with Crippen molar-refractivity contribution in [3.63, 3.8) is 0 Å². The highest BCUT2D eigenvalue weighted by Crippen LogP contribution is 2.30. The third-order valence-corrected chi connectivity index (χ3v) is 3.22. The molecule has 2 atom stereocenters. The molecule has 2 saturated heterocycles. The topological polar surface area (TPSA) is 15.3 Å². The van der Waals surface area contributed by atoms with Crippen molar-refractivity contribution < 1.29 is 4.39 Å². The van der Waals surface area contributed by atoms with E-state index in [1.54, 1.807) is 6.07 Å². The van der Waals surface area contributed by atoms with Gasteiger partial charge in [-0.25, -0.2) is 4.39 Å². The fraction of sp³-hybridized carbons (Fsp3) is 0.455. The molecule has 3 heteroatoms. The molecule has 74 valence electrons. The molecule has 14 heavy (non-hydrogen) atoms. The summed E-state index contributed by atoms with van der Waals surface area (Å²) in [5.41, 5.74) is 0.765. The number of benzene rings is 1. The highest BCUT2D eigenvalue weighted by atomic mass is 19.1. The Morgan fingerprint density at radius 1 is 1.36 bits per heavy atom. The number of nitrogens with zero attached hydrogens (tertiary/aromatic N) is 1. The van der Waals surface area contributed by atoms with Crippen molar-refractivity contribution in [3.8, 4) is 0 Å². The second-order valence-corrected chi connectivity index (χ2v) is 4.10.